The number of carbonyl (C=O) groups is 1. The lowest BCUT2D eigenvalue weighted by molar-refractivity contribution is -0.129. The fraction of sp³-hybridized carbons (Fsp3) is 0. The molecule has 0 N–H and O–H groups in total. The van der Waals surface area contributed by atoms with E-state index in [-0.39, 0.29) is 11.6 Å². The lowest BCUT2D eigenvalue weighted by atomic mass is 10.2. The molecule has 0 amide bonds. The highest BCUT2D eigenvalue weighted by Gasteiger charge is 2.21. The van der Waals surface area contributed by atoms with Crippen LogP contribution in [0.2, 0.25) is 15.1 Å². The van der Waals surface area contributed by atoms with Crippen LogP contribution in [0.3, 0.4) is 0 Å². The molecule has 0 unspecified atom stereocenters. The SMILES string of the molecule is O=C1OC(C=Cc2cccc(Cl)c2Cl)=NC1=Cc1ccc(Cl)cc1. The van der Waals surface area contributed by atoms with Gasteiger partial charge in [0.25, 0.3) is 0 Å². The number of rotatable bonds is 3. The van der Waals surface area contributed by atoms with Crippen molar-refractivity contribution in [3.8, 4) is 0 Å². The number of hydrogen-bond acceptors (Lipinski definition) is 3. The van der Waals surface area contributed by atoms with Gasteiger partial charge in [0.05, 0.1) is 10.0 Å². The van der Waals surface area contributed by atoms with Crippen LogP contribution < -0.4 is 0 Å². The molecule has 24 heavy (non-hydrogen) atoms. The van der Waals surface area contributed by atoms with E-state index in [9.17, 15) is 4.79 Å². The number of ether oxygens (including phenoxy) is 1. The van der Waals surface area contributed by atoms with Gasteiger partial charge >= 0.3 is 5.97 Å². The first kappa shape index (κ1) is 16.8. The molecule has 1 heterocycles. The maximum Gasteiger partial charge on any atom is 0.363 e. The van der Waals surface area contributed by atoms with Crippen molar-refractivity contribution >= 4 is 58.8 Å². The van der Waals surface area contributed by atoms with Gasteiger partial charge in [0, 0.05) is 11.1 Å². The largest absolute Gasteiger partial charge is 0.403 e. The number of aliphatic imine (C=N–C) groups is 1. The Hall–Kier alpha value is -2.07. The van der Waals surface area contributed by atoms with Crippen LogP contribution in [0.5, 0.6) is 0 Å². The summed E-state index contributed by atoms with van der Waals surface area (Å²) in [6.45, 7) is 0. The van der Waals surface area contributed by atoms with Gasteiger partial charge in [-0.2, -0.15) is 0 Å². The molecule has 0 saturated carbocycles. The topological polar surface area (TPSA) is 38.7 Å². The predicted octanol–water partition coefficient (Wildman–Crippen LogP) is 5.66. The maximum atomic E-state index is 11.9. The van der Waals surface area contributed by atoms with Gasteiger partial charge in [-0.3, -0.25) is 0 Å². The van der Waals surface area contributed by atoms with Crippen molar-refractivity contribution in [2.75, 3.05) is 0 Å². The molecule has 0 aromatic heterocycles. The summed E-state index contributed by atoms with van der Waals surface area (Å²) in [5.41, 5.74) is 1.73. The highest BCUT2D eigenvalue weighted by Crippen LogP contribution is 2.26. The van der Waals surface area contributed by atoms with Gasteiger partial charge in [-0.05, 0) is 41.5 Å². The number of hydrogen-bond donors (Lipinski definition) is 0. The summed E-state index contributed by atoms with van der Waals surface area (Å²) < 4.78 is 5.12. The van der Waals surface area contributed by atoms with Crippen LogP contribution in [-0.2, 0) is 9.53 Å². The van der Waals surface area contributed by atoms with Crippen LogP contribution in [-0.4, -0.2) is 11.9 Å². The highest BCUT2D eigenvalue weighted by atomic mass is 35.5. The second kappa shape index (κ2) is 7.22. The standard InChI is InChI=1S/C18H10Cl3NO2/c19-13-7-4-11(5-8-13)10-15-18(23)24-16(22-15)9-6-12-2-1-3-14(20)17(12)21/h1-10H. The minimum Gasteiger partial charge on any atom is -0.403 e. The number of cyclic esters (lactones) is 1. The minimum absolute atomic E-state index is 0.191. The zero-order valence-electron chi connectivity index (χ0n) is 12.2. The zero-order chi connectivity index (χ0) is 17.1. The lowest BCUT2D eigenvalue weighted by Gasteiger charge is -1.99. The molecule has 0 fully saturated rings. The van der Waals surface area contributed by atoms with E-state index in [1.165, 1.54) is 0 Å². The van der Waals surface area contributed by atoms with Crippen LogP contribution in [0.1, 0.15) is 11.1 Å². The smallest absolute Gasteiger partial charge is 0.363 e. The van der Waals surface area contributed by atoms with Crippen LogP contribution in [0.15, 0.2) is 59.2 Å². The predicted molar refractivity (Wildman–Crippen MR) is 98.5 cm³/mol. The van der Waals surface area contributed by atoms with Crippen molar-refractivity contribution in [1.82, 2.24) is 0 Å². The van der Waals surface area contributed by atoms with Gasteiger partial charge < -0.3 is 4.74 Å². The number of benzene rings is 2. The van der Waals surface area contributed by atoms with Crippen LogP contribution >= 0.6 is 34.8 Å². The molecule has 0 spiro atoms. The Morgan fingerprint density at radius 1 is 0.958 bits per heavy atom. The monoisotopic (exact) mass is 377 g/mol. The Morgan fingerprint density at radius 3 is 2.46 bits per heavy atom. The Morgan fingerprint density at radius 2 is 1.71 bits per heavy atom. The maximum absolute atomic E-state index is 11.9. The third-order valence-corrected chi connectivity index (χ3v) is 4.28. The fourth-order valence-corrected chi connectivity index (χ4v) is 2.52. The molecule has 0 bridgehead atoms. The van der Waals surface area contributed by atoms with E-state index in [2.05, 4.69) is 4.99 Å². The highest BCUT2D eigenvalue weighted by molar-refractivity contribution is 6.42. The van der Waals surface area contributed by atoms with E-state index in [1.807, 2.05) is 0 Å². The summed E-state index contributed by atoms with van der Waals surface area (Å²) in [7, 11) is 0. The molecule has 0 radical (unpaired) electrons. The summed E-state index contributed by atoms with van der Waals surface area (Å²) in [6, 6.07) is 12.3. The Bertz CT molecular complexity index is 884. The minimum atomic E-state index is -0.512. The Kier molecular flexibility index (Phi) is 5.05. The average molecular weight is 379 g/mol. The summed E-state index contributed by atoms with van der Waals surface area (Å²) >= 11 is 17.9. The molecule has 3 nitrogen and oxygen atoms in total. The molecule has 0 saturated heterocycles. The van der Waals surface area contributed by atoms with E-state index >= 15 is 0 Å². The number of halogens is 3. The van der Waals surface area contributed by atoms with Crippen LogP contribution in [0.25, 0.3) is 12.2 Å². The fourth-order valence-electron chi connectivity index (χ4n) is 2.02. The normalized spacial score (nSPS) is 15.9. The first-order valence-corrected chi connectivity index (χ1v) is 8.06. The summed E-state index contributed by atoms with van der Waals surface area (Å²) in [5.74, 6) is -0.321. The van der Waals surface area contributed by atoms with Gasteiger partial charge in [0.2, 0.25) is 5.90 Å². The summed E-state index contributed by atoms with van der Waals surface area (Å²) in [4.78, 5) is 16.0. The van der Waals surface area contributed by atoms with Gasteiger partial charge in [-0.1, -0.05) is 59.1 Å². The Balaban J connectivity index is 1.82. The molecule has 2 aromatic carbocycles. The molecular weight excluding hydrogens is 369 g/mol. The Labute approximate surface area is 153 Å². The van der Waals surface area contributed by atoms with Gasteiger partial charge in [-0.25, -0.2) is 9.79 Å². The average Bonchev–Trinajstić information content (AvgIpc) is 2.91. The van der Waals surface area contributed by atoms with Gasteiger partial charge in [-0.15, -0.1) is 0 Å². The van der Waals surface area contributed by atoms with E-state index in [4.69, 9.17) is 39.5 Å². The van der Waals surface area contributed by atoms with Crippen molar-refractivity contribution in [3.63, 3.8) is 0 Å². The third-order valence-electron chi connectivity index (χ3n) is 3.20. The zero-order valence-corrected chi connectivity index (χ0v) is 14.4. The molecule has 2 aromatic rings. The van der Waals surface area contributed by atoms with Crippen molar-refractivity contribution in [2.45, 2.75) is 0 Å². The van der Waals surface area contributed by atoms with Gasteiger partial charge in [0.15, 0.2) is 5.70 Å². The molecule has 6 heteroatoms. The second-order valence-corrected chi connectivity index (χ2v) is 6.12. The van der Waals surface area contributed by atoms with Crippen molar-refractivity contribution < 1.29 is 9.53 Å². The molecule has 0 aliphatic carbocycles. The van der Waals surface area contributed by atoms with E-state index in [0.29, 0.717) is 20.6 Å². The van der Waals surface area contributed by atoms with Crippen LogP contribution in [0.4, 0.5) is 0 Å². The van der Waals surface area contributed by atoms with Gasteiger partial charge in [0.1, 0.15) is 0 Å². The lowest BCUT2D eigenvalue weighted by Crippen LogP contribution is -2.01. The summed E-state index contributed by atoms with van der Waals surface area (Å²) in [6.07, 6.45) is 4.88. The third kappa shape index (κ3) is 3.88. The molecule has 3 rings (SSSR count). The molecule has 1 aliphatic heterocycles. The molecular formula is C18H10Cl3NO2. The number of nitrogens with zero attached hydrogens (tertiary/aromatic N) is 1. The molecule has 0 atom stereocenters. The summed E-state index contributed by atoms with van der Waals surface area (Å²) in [5, 5.41) is 1.50. The first-order valence-electron chi connectivity index (χ1n) is 6.93. The van der Waals surface area contributed by atoms with E-state index < -0.39 is 5.97 Å². The van der Waals surface area contributed by atoms with Crippen molar-refractivity contribution in [3.05, 3.63) is 80.4 Å². The van der Waals surface area contributed by atoms with Crippen molar-refractivity contribution in [2.24, 2.45) is 4.99 Å². The second-order valence-electron chi connectivity index (χ2n) is 4.90. The molecule has 120 valence electrons. The first-order chi connectivity index (χ1) is 11.5. The van der Waals surface area contributed by atoms with E-state index in [1.54, 1.807) is 60.7 Å². The van der Waals surface area contributed by atoms with E-state index in [0.717, 1.165) is 5.56 Å². The van der Waals surface area contributed by atoms with Crippen LogP contribution in [0, 0.1) is 0 Å². The molecule has 1 aliphatic rings. The number of carbonyl (C=O) groups excluding carboxylic acids is 1. The van der Waals surface area contributed by atoms with Crippen molar-refractivity contribution in [1.29, 1.82) is 0 Å². The quantitative estimate of drug-likeness (QED) is 0.511. The number of esters is 1.